The first-order chi connectivity index (χ1) is 16.6. The molecule has 0 spiro atoms. The van der Waals surface area contributed by atoms with Crippen LogP contribution in [-0.4, -0.2) is 106 Å². The third kappa shape index (κ3) is 5.95. The van der Waals surface area contributed by atoms with Crippen LogP contribution in [0.2, 0.25) is 0 Å². The first-order valence-corrected chi connectivity index (χ1v) is 12.8. The smallest absolute Gasteiger partial charge is 0.237 e. The number of anilines is 1. The maximum atomic E-state index is 13.1. The molecule has 1 unspecified atom stereocenters. The third-order valence-electron chi connectivity index (χ3n) is 8.13. The molecular formula is C26H39N5O4. The van der Waals surface area contributed by atoms with Crippen LogP contribution in [0.3, 0.4) is 0 Å². The lowest BCUT2D eigenvalue weighted by Crippen LogP contribution is -2.63. The number of nitrogens with zero attached hydrogens (tertiary/aromatic N) is 4. The van der Waals surface area contributed by atoms with E-state index in [1.165, 1.54) is 0 Å². The minimum absolute atomic E-state index is 0.0447. The summed E-state index contributed by atoms with van der Waals surface area (Å²) in [6.45, 7) is 11.7. The Hall–Kier alpha value is -2.65. The van der Waals surface area contributed by atoms with Crippen LogP contribution in [0.1, 0.15) is 40.0 Å². The molecule has 3 fully saturated rings. The van der Waals surface area contributed by atoms with Gasteiger partial charge in [0.25, 0.3) is 0 Å². The summed E-state index contributed by atoms with van der Waals surface area (Å²) in [4.78, 5) is 46.0. The van der Waals surface area contributed by atoms with Crippen LogP contribution in [0, 0.1) is 5.92 Å². The summed E-state index contributed by atoms with van der Waals surface area (Å²) in [7, 11) is 0. The number of piperazine rings is 1. The Kier molecular flexibility index (Phi) is 7.66. The molecule has 192 valence electrons. The zero-order valence-corrected chi connectivity index (χ0v) is 21.2. The molecule has 1 aromatic carbocycles. The number of hydrogen-bond donors (Lipinski definition) is 2. The van der Waals surface area contributed by atoms with Gasteiger partial charge in [0.1, 0.15) is 5.75 Å². The van der Waals surface area contributed by atoms with Crippen LogP contribution in [-0.2, 0) is 14.4 Å². The van der Waals surface area contributed by atoms with Gasteiger partial charge in [0.2, 0.25) is 17.7 Å². The average molecular weight is 486 g/mol. The van der Waals surface area contributed by atoms with Crippen molar-refractivity contribution in [2.75, 3.05) is 57.7 Å². The van der Waals surface area contributed by atoms with Crippen LogP contribution in [0.15, 0.2) is 24.3 Å². The number of carbonyl (C=O) groups is 3. The Morgan fingerprint density at radius 3 is 2.34 bits per heavy atom. The van der Waals surface area contributed by atoms with Crippen molar-refractivity contribution >= 4 is 23.4 Å². The monoisotopic (exact) mass is 485 g/mol. The molecule has 2 N–H and O–H groups in total. The molecule has 2 atom stereocenters. The molecule has 0 aromatic heterocycles. The highest BCUT2D eigenvalue weighted by Crippen LogP contribution is 2.31. The quantitative estimate of drug-likeness (QED) is 0.615. The summed E-state index contributed by atoms with van der Waals surface area (Å²) in [5, 5.41) is 12.3. The van der Waals surface area contributed by atoms with Crippen molar-refractivity contribution in [1.82, 2.24) is 19.6 Å². The van der Waals surface area contributed by atoms with Gasteiger partial charge in [0.15, 0.2) is 0 Å². The van der Waals surface area contributed by atoms with Gasteiger partial charge in [-0.3, -0.25) is 24.2 Å². The molecule has 1 aromatic rings. The van der Waals surface area contributed by atoms with Gasteiger partial charge in [0, 0.05) is 63.5 Å². The molecule has 9 heteroatoms. The van der Waals surface area contributed by atoms with Gasteiger partial charge in [-0.25, -0.2) is 0 Å². The van der Waals surface area contributed by atoms with E-state index in [9.17, 15) is 19.5 Å². The lowest BCUT2D eigenvalue weighted by molar-refractivity contribution is -0.140. The fourth-order valence-corrected chi connectivity index (χ4v) is 5.70. The van der Waals surface area contributed by atoms with Gasteiger partial charge in [-0.2, -0.15) is 0 Å². The number of amides is 3. The van der Waals surface area contributed by atoms with Crippen molar-refractivity contribution in [3.8, 4) is 5.75 Å². The van der Waals surface area contributed by atoms with Crippen molar-refractivity contribution in [2.24, 2.45) is 5.92 Å². The molecular weight excluding hydrogens is 446 g/mol. The zero-order chi connectivity index (χ0) is 25.2. The summed E-state index contributed by atoms with van der Waals surface area (Å²) in [5.74, 6) is 0.255. The molecule has 4 rings (SSSR count). The summed E-state index contributed by atoms with van der Waals surface area (Å²) in [5.41, 5.74) is 0.734. The Labute approximate surface area is 208 Å². The van der Waals surface area contributed by atoms with Crippen LogP contribution < -0.4 is 5.32 Å². The molecule has 3 saturated heterocycles. The topological polar surface area (TPSA) is 96.4 Å². The van der Waals surface area contributed by atoms with Gasteiger partial charge in [-0.15, -0.1) is 0 Å². The fourth-order valence-electron chi connectivity index (χ4n) is 5.70. The fraction of sp³-hybridized carbons (Fsp3) is 0.654. The summed E-state index contributed by atoms with van der Waals surface area (Å²) in [6.07, 6.45) is 2.67. The number of aromatic hydroxyl groups is 1. The second-order valence-electron chi connectivity index (χ2n) is 10.6. The Bertz CT molecular complexity index is 928. The van der Waals surface area contributed by atoms with E-state index in [2.05, 4.69) is 29.0 Å². The van der Waals surface area contributed by atoms with E-state index >= 15 is 0 Å². The minimum Gasteiger partial charge on any atom is -0.508 e. The summed E-state index contributed by atoms with van der Waals surface area (Å²) < 4.78 is 0. The van der Waals surface area contributed by atoms with Crippen molar-refractivity contribution in [3.05, 3.63) is 24.3 Å². The normalized spacial score (nSPS) is 25.5. The lowest BCUT2D eigenvalue weighted by atomic mass is 9.86. The van der Waals surface area contributed by atoms with Gasteiger partial charge in [-0.1, -0.05) is 0 Å². The maximum absolute atomic E-state index is 13.1. The van der Waals surface area contributed by atoms with Gasteiger partial charge in [0.05, 0.1) is 12.5 Å². The van der Waals surface area contributed by atoms with Crippen molar-refractivity contribution in [1.29, 1.82) is 0 Å². The molecule has 0 bridgehead atoms. The lowest BCUT2D eigenvalue weighted by Gasteiger charge is -2.51. The Morgan fingerprint density at radius 1 is 1.03 bits per heavy atom. The first kappa shape index (κ1) is 25.4. The molecule has 3 aliphatic heterocycles. The van der Waals surface area contributed by atoms with Crippen molar-refractivity contribution in [2.45, 2.75) is 51.6 Å². The van der Waals surface area contributed by atoms with Gasteiger partial charge < -0.3 is 20.2 Å². The summed E-state index contributed by atoms with van der Waals surface area (Å²) >= 11 is 0. The zero-order valence-electron chi connectivity index (χ0n) is 21.2. The van der Waals surface area contributed by atoms with E-state index in [0.717, 1.165) is 52.0 Å². The molecule has 35 heavy (non-hydrogen) atoms. The number of carbonyl (C=O) groups excluding carboxylic acids is 3. The Balaban J connectivity index is 1.24. The largest absolute Gasteiger partial charge is 0.508 e. The number of rotatable bonds is 5. The third-order valence-corrected chi connectivity index (χ3v) is 8.13. The van der Waals surface area contributed by atoms with Crippen molar-refractivity contribution in [3.63, 3.8) is 0 Å². The highest BCUT2D eigenvalue weighted by atomic mass is 16.3. The van der Waals surface area contributed by atoms with E-state index in [4.69, 9.17) is 0 Å². The predicted octanol–water partition coefficient (Wildman–Crippen LogP) is 1.59. The van der Waals surface area contributed by atoms with Crippen LogP contribution in [0.5, 0.6) is 5.75 Å². The van der Waals surface area contributed by atoms with E-state index in [0.29, 0.717) is 25.3 Å². The highest BCUT2D eigenvalue weighted by molar-refractivity contribution is 5.93. The number of piperidine rings is 1. The molecule has 9 nitrogen and oxygen atoms in total. The maximum Gasteiger partial charge on any atom is 0.237 e. The van der Waals surface area contributed by atoms with E-state index < -0.39 is 0 Å². The first-order valence-electron chi connectivity index (χ1n) is 12.8. The predicted molar refractivity (Wildman–Crippen MR) is 134 cm³/mol. The van der Waals surface area contributed by atoms with Gasteiger partial charge >= 0.3 is 0 Å². The molecule has 0 saturated carbocycles. The number of nitrogens with one attached hydrogen (secondary N) is 1. The second kappa shape index (κ2) is 10.5. The van der Waals surface area contributed by atoms with Crippen LogP contribution in [0.25, 0.3) is 0 Å². The number of phenols is 1. The second-order valence-corrected chi connectivity index (χ2v) is 10.6. The highest BCUT2D eigenvalue weighted by Gasteiger charge is 2.40. The number of hydrogen-bond acceptors (Lipinski definition) is 6. The molecule has 0 aliphatic carbocycles. The molecule has 0 radical (unpaired) electrons. The van der Waals surface area contributed by atoms with E-state index in [-0.39, 0.29) is 41.0 Å². The van der Waals surface area contributed by atoms with E-state index in [1.807, 2.05) is 9.80 Å². The van der Waals surface area contributed by atoms with Crippen molar-refractivity contribution < 1.29 is 19.5 Å². The van der Waals surface area contributed by atoms with E-state index in [1.54, 1.807) is 31.2 Å². The summed E-state index contributed by atoms with van der Waals surface area (Å²) in [6, 6.07) is 6.59. The number of likely N-dealkylation sites (tertiary alicyclic amines) is 2. The van der Waals surface area contributed by atoms with Crippen LogP contribution in [0.4, 0.5) is 5.69 Å². The average Bonchev–Trinajstić information content (AvgIpc) is 3.29. The number of benzene rings is 1. The number of phenolic OH excluding ortho intramolecular Hbond substituents is 1. The Morgan fingerprint density at radius 2 is 1.71 bits per heavy atom. The standard InChI is InChI=1S/C26H39N5O4/c1-19-16-30(26(3)9-12-29(13-10-26)20(2)32)14-15-31(19)24(34)18-28-11-8-21(17-28)25(35)27-22-4-6-23(33)7-5-22/h4-7,19,21,33H,8-18H2,1-3H3,(H,27,35)/t19-,21?/m0/s1. The SMILES string of the molecule is CC(=O)N1CCC(C)(N2CCN(C(=O)CN3CCC(C(=O)Nc4ccc(O)cc4)C3)[C@@H](C)C2)CC1. The molecule has 3 aliphatic rings. The minimum atomic E-state index is -0.147. The molecule has 3 amide bonds. The van der Waals surface area contributed by atoms with Gasteiger partial charge in [-0.05, 0) is 63.9 Å². The molecule has 3 heterocycles. The van der Waals surface area contributed by atoms with Crippen LogP contribution >= 0.6 is 0 Å².